The minimum absolute atomic E-state index is 0.0680. The summed E-state index contributed by atoms with van der Waals surface area (Å²) in [4.78, 5) is 11.8. The molecule has 102 valence electrons. The number of nitrogens with one attached hydrogen (secondary N) is 1. The standard InChI is InChI=1S/C15H20N2O2/c1-11-9-14(7-8-19-11)17-15(18)6-5-12-3-2-4-13(16)10-12/h2-6,10-11,14H,7-9,16H2,1H3,(H,17,18)/b6-5+. The van der Waals surface area contributed by atoms with Crippen molar-refractivity contribution in [1.82, 2.24) is 5.32 Å². The zero-order valence-corrected chi connectivity index (χ0v) is 11.1. The summed E-state index contributed by atoms with van der Waals surface area (Å²) in [6, 6.07) is 7.65. The number of rotatable bonds is 3. The maximum absolute atomic E-state index is 11.8. The fraction of sp³-hybridized carbons (Fsp3) is 0.400. The van der Waals surface area contributed by atoms with Gasteiger partial charge in [-0.25, -0.2) is 0 Å². The van der Waals surface area contributed by atoms with E-state index in [1.165, 1.54) is 0 Å². The predicted molar refractivity (Wildman–Crippen MR) is 76.5 cm³/mol. The fourth-order valence-electron chi connectivity index (χ4n) is 2.21. The molecule has 0 aliphatic carbocycles. The summed E-state index contributed by atoms with van der Waals surface area (Å²) in [5.41, 5.74) is 7.30. The molecule has 4 heteroatoms. The highest BCUT2D eigenvalue weighted by atomic mass is 16.5. The van der Waals surface area contributed by atoms with Gasteiger partial charge in [-0.15, -0.1) is 0 Å². The van der Waals surface area contributed by atoms with Crippen LogP contribution in [0.5, 0.6) is 0 Å². The molecule has 1 fully saturated rings. The van der Waals surface area contributed by atoms with Crippen molar-refractivity contribution in [2.45, 2.75) is 31.9 Å². The second-order valence-corrected chi connectivity index (χ2v) is 4.91. The van der Waals surface area contributed by atoms with E-state index in [-0.39, 0.29) is 18.1 Å². The van der Waals surface area contributed by atoms with Crippen LogP contribution in [-0.4, -0.2) is 24.7 Å². The van der Waals surface area contributed by atoms with Gasteiger partial charge in [0.05, 0.1) is 6.10 Å². The molecular formula is C15H20N2O2. The first-order valence-corrected chi connectivity index (χ1v) is 6.59. The van der Waals surface area contributed by atoms with Crippen molar-refractivity contribution in [3.8, 4) is 0 Å². The number of carbonyl (C=O) groups is 1. The summed E-state index contributed by atoms with van der Waals surface area (Å²) in [5, 5.41) is 3.00. The Labute approximate surface area is 113 Å². The Balaban J connectivity index is 1.87. The van der Waals surface area contributed by atoms with Crippen LogP contribution < -0.4 is 11.1 Å². The molecule has 4 nitrogen and oxygen atoms in total. The van der Waals surface area contributed by atoms with Crippen molar-refractivity contribution < 1.29 is 9.53 Å². The van der Waals surface area contributed by atoms with Gasteiger partial charge in [0.25, 0.3) is 0 Å². The molecule has 0 saturated carbocycles. The van der Waals surface area contributed by atoms with E-state index in [0.717, 1.165) is 18.4 Å². The number of nitrogen functional groups attached to an aromatic ring is 1. The summed E-state index contributed by atoms with van der Waals surface area (Å²) in [6.45, 7) is 2.74. The van der Waals surface area contributed by atoms with Gasteiger partial charge < -0.3 is 15.8 Å². The van der Waals surface area contributed by atoms with Crippen molar-refractivity contribution in [1.29, 1.82) is 0 Å². The maximum Gasteiger partial charge on any atom is 0.244 e. The molecule has 1 aromatic rings. The van der Waals surface area contributed by atoms with Gasteiger partial charge in [0.2, 0.25) is 5.91 Å². The zero-order chi connectivity index (χ0) is 13.7. The molecule has 1 heterocycles. The van der Waals surface area contributed by atoms with E-state index >= 15 is 0 Å². The van der Waals surface area contributed by atoms with Gasteiger partial charge in [-0.1, -0.05) is 12.1 Å². The largest absolute Gasteiger partial charge is 0.399 e. The smallest absolute Gasteiger partial charge is 0.244 e. The second-order valence-electron chi connectivity index (χ2n) is 4.91. The predicted octanol–water partition coefficient (Wildman–Crippen LogP) is 1.97. The molecule has 2 unspecified atom stereocenters. The number of nitrogens with two attached hydrogens (primary N) is 1. The monoisotopic (exact) mass is 260 g/mol. The quantitative estimate of drug-likeness (QED) is 0.645. The third kappa shape index (κ3) is 4.41. The number of anilines is 1. The molecule has 0 spiro atoms. The van der Waals surface area contributed by atoms with Gasteiger partial charge in [-0.2, -0.15) is 0 Å². The lowest BCUT2D eigenvalue weighted by Gasteiger charge is -2.27. The second kappa shape index (κ2) is 6.38. The molecule has 0 bridgehead atoms. The average molecular weight is 260 g/mol. The first-order chi connectivity index (χ1) is 9.13. The summed E-state index contributed by atoms with van der Waals surface area (Å²) >= 11 is 0. The van der Waals surface area contributed by atoms with E-state index in [1.54, 1.807) is 12.2 Å². The van der Waals surface area contributed by atoms with E-state index in [1.807, 2.05) is 31.2 Å². The Bertz CT molecular complexity index is 471. The van der Waals surface area contributed by atoms with Gasteiger partial charge >= 0.3 is 0 Å². The minimum Gasteiger partial charge on any atom is -0.399 e. The van der Waals surface area contributed by atoms with Crippen LogP contribution in [-0.2, 0) is 9.53 Å². The molecule has 19 heavy (non-hydrogen) atoms. The van der Waals surface area contributed by atoms with E-state index in [4.69, 9.17) is 10.5 Å². The van der Waals surface area contributed by atoms with Crippen molar-refractivity contribution in [3.05, 3.63) is 35.9 Å². The molecule has 2 atom stereocenters. The van der Waals surface area contributed by atoms with Crippen LogP contribution in [0.2, 0.25) is 0 Å². The number of benzene rings is 1. The first-order valence-electron chi connectivity index (χ1n) is 6.59. The summed E-state index contributed by atoms with van der Waals surface area (Å²) in [6.07, 6.45) is 5.29. The number of amides is 1. The highest BCUT2D eigenvalue weighted by molar-refractivity contribution is 5.92. The van der Waals surface area contributed by atoms with Gasteiger partial charge in [0, 0.05) is 24.4 Å². The average Bonchev–Trinajstić information content (AvgIpc) is 2.36. The van der Waals surface area contributed by atoms with E-state index < -0.39 is 0 Å². The lowest BCUT2D eigenvalue weighted by atomic mass is 10.0. The molecule has 1 aliphatic heterocycles. The van der Waals surface area contributed by atoms with Crippen molar-refractivity contribution >= 4 is 17.7 Å². The minimum atomic E-state index is -0.0680. The van der Waals surface area contributed by atoms with Crippen molar-refractivity contribution in [2.75, 3.05) is 12.3 Å². The Hall–Kier alpha value is -1.81. The summed E-state index contributed by atoms with van der Waals surface area (Å²) in [5.74, 6) is -0.0680. The third-order valence-corrected chi connectivity index (χ3v) is 3.17. The summed E-state index contributed by atoms with van der Waals surface area (Å²) in [7, 11) is 0. The third-order valence-electron chi connectivity index (χ3n) is 3.17. The number of ether oxygens (including phenoxy) is 1. The molecule has 0 radical (unpaired) electrons. The molecule has 1 saturated heterocycles. The Morgan fingerprint density at radius 1 is 1.53 bits per heavy atom. The van der Waals surface area contributed by atoms with Crippen molar-refractivity contribution in [3.63, 3.8) is 0 Å². The van der Waals surface area contributed by atoms with E-state index in [0.29, 0.717) is 12.3 Å². The Morgan fingerprint density at radius 3 is 3.11 bits per heavy atom. The Kier molecular flexibility index (Phi) is 4.58. The maximum atomic E-state index is 11.8. The van der Waals surface area contributed by atoms with Crippen LogP contribution in [0.1, 0.15) is 25.3 Å². The SMILES string of the molecule is CC1CC(NC(=O)/C=C/c2cccc(N)c2)CCO1. The first kappa shape index (κ1) is 13.6. The van der Waals surface area contributed by atoms with Gasteiger partial charge in [0.15, 0.2) is 0 Å². The van der Waals surface area contributed by atoms with Crippen molar-refractivity contribution in [2.24, 2.45) is 0 Å². The van der Waals surface area contributed by atoms with Crippen LogP contribution in [0.4, 0.5) is 5.69 Å². The van der Waals surface area contributed by atoms with E-state index in [9.17, 15) is 4.79 Å². The molecule has 0 aromatic heterocycles. The Morgan fingerprint density at radius 2 is 2.37 bits per heavy atom. The molecule has 1 aromatic carbocycles. The van der Waals surface area contributed by atoms with E-state index in [2.05, 4.69) is 5.32 Å². The van der Waals surface area contributed by atoms with Gasteiger partial charge in [0.1, 0.15) is 0 Å². The normalized spacial score (nSPS) is 23.4. The molecule has 1 aliphatic rings. The highest BCUT2D eigenvalue weighted by Crippen LogP contribution is 2.13. The lowest BCUT2D eigenvalue weighted by Crippen LogP contribution is -2.40. The zero-order valence-electron chi connectivity index (χ0n) is 11.1. The number of hydrogen-bond acceptors (Lipinski definition) is 3. The molecule has 1 amide bonds. The molecule has 3 N–H and O–H groups in total. The number of carbonyl (C=O) groups excluding carboxylic acids is 1. The topological polar surface area (TPSA) is 64.4 Å². The van der Waals surface area contributed by atoms with Crippen LogP contribution in [0.15, 0.2) is 30.3 Å². The fourth-order valence-corrected chi connectivity index (χ4v) is 2.21. The van der Waals surface area contributed by atoms with Crippen LogP contribution in [0.25, 0.3) is 6.08 Å². The van der Waals surface area contributed by atoms with Gasteiger partial charge in [-0.05, 0) is 43.5 Å². The van der Waals surface area contributed by atoms with Gasteiger partial charge in [-0.3, -0.25) is 4.79 Å². The highest BCUT2D eigenvalue weighted by Gasteiger charge is 2.19. The molecule has 2 rings (SSSR count). The summed E-state index contributed by atoms with van der Waals surface area (Å²) < 4.78 is 5.45. The van der Waals surface area contributed by atoms with Crippen LogP contribution in [0, 0.1) is 0 Å². The van der Waals surface area contributed by atoms with Crippen LogP contribution in [0.3, 0.4) is 0 Å². The van der Waals surface area contributed by atoms with Crippen LogP contribution >= 0.6 is 0 Å². The lowest BCUT2D eigenvalue weighted by molar-refractivity contribution is -0.118. The number of hydrogen-bond donors (Lipinski definition) is 2. The molecular weight excluding hydrogens is 240 g/mol.